The van der Waals surface area contributed by atoms with Gasteiger partial charge in [0, 0.05) is 0 Å². The molecule has 1 rings (SSSR count). The van der Waals surface area contributed by atoms with Crippen LogP contribution in [0.5, 0.6) is 0 Å². The first-order chi connectivity index (χ1) is 16.9. The molecule has 0 aromatic rings. The Balaban J connectivity index is 1.92. The van der Waals surface area contributed by atoms with Gasteiger partial charge in [0.25, 0.3) is 0 Å². The molecule has 34 heavy (non-hydrogen) atoms. The molecular formula is C32H61N2+. The van der Waals surface area contributed by atoms with Crippen LogP contribution in [0.3, 0.4) is 0 Å². The Morgan fingerprint density at radius 2 is 0.676 bits per heavy atom. The maximum absolute atomic E-state index is 4.55. The maximum atomic E-state index is 4.55. The van der Waals surface area contributed by atoms with Crippen molar-refractivity contribution in [2.45, 2.75) is 181 Å². The fourth-order valence-corrected chi connectivity index (χ4v) is 5.33. The summed E-state index contributed by atoms with van der Waals surface area (Å²) in [4.78, 5) is 9.09. The molecule has 0 saturated carbocycles. The van der Waals surface area contributed by atoms with Gasteiger partial charge in [0.15, 0.2) is 12.4 Å². The van der Waals surface area contributed by atoms with Crippen LogP contribution in [0.2, 0.25) is 0 Å². The van der Waals surface area contributed by atoms with Crippen LogP contribution < -0.4 is 0 Å². The Hall–Kier alpha value is -0.790. The van der Waals surface area contributed by atoms with Crippen LogP contribution in [0, 0.1) is 12.1 Å². The van der Waals surface area contributed by atoms with Crippen LogP contribution in [-0.2, 0) is 0 Å². The third-order valence-corrected chi connectivity index (χ3v) is 7.66. The summed E-state index contributed by atoms with van der Waals surface area (Å²) >= 11 is 0. The molecule has 0 fully saturated rings. The van der Waals surface area contributed by atoms with Crippen molar-refractivity contribution in [1.82, 2.24) is 0 Å². The lowest BCUT2D eigenvalue weighted by Gasteiger charge is -2.14. The summed E-state index contributed by atoms with van der Waals surface area (Å²) in [5.74, 6) is 0.599. The molecule has 0 saturated heterocycles. The van der Waals surface area contributed by atoms with Gasteiger partial charge in [-0.3, -0.25) is 0 Å². The minimum absolute atomic E-state index is 0.599. The van der Waals surface area contributed by atoms with Gasteiger partial charge in [-0.05, 0) is 12.8 Å². The highest BCUT2D eigenvalue weighted by Crippen LogP contribution is 2.30. The normalized spacial score (nSPS) is 13.9. The van der Waals surface area contributed by atoms with E-state index in [9.17, 15) is 0 Å². The molecule has 0 radical (unpaired) electrons. The average Bonchev–Trinajstić information content (AvgIpc) is 3.39. The van der Waals surface area contributed by atoms with Crippen LogP contribution in [0.1, 0.15) is 181 Å². The molecule has 0 bridgehead atoms. The molecule has 2 heteroatoms. The molecule has 0 amide bonds. The zero-order valence-electron chi connectivity index (χ0n) is 23.5. The Kier molecular flexibility index (Phi) is 23.3. The lowest BCUT2D eigenvalue weighted by molar-refractivity contribution is 0.409. The SMILES string of the molecule is CCCCCCCCCCCCCCCCCCC(CCCCCCCCCC)[C+]1N=CC=N1. The lowest BCUT2D eigenvalue weighted by Crippen LogP contribution is -2.08. The summed E-state index contributed by atoms with van der Waals surface area (Å²) in [6.45, 7) is 4.60. The van der Waals surface area contributed by atoms with Gasteiger partial charge in [-0.15, -0.1) is 0 Å². The highest BCUT2D eigenvalue weighted by Gasteiger charge is 2.27. The predicted octanol–water partition coefficient (Wildman–Crippen LogP) is 11.4. The minimum atomic E-state index is 0.599. The van der Waals surface area contributed by atoms with E-state index in [1.165, 1.54) is 167 Å². The van der Waals surface area contributed by atoms with Gasteiger partial charge < -0.3 is 0 Å². The van der Waals surface area contributed by atoms with E-state index < -0.39 is 0 Å². The molecule has 2 nitrogen and oxygen atoms in total. The molecule has 1 aliphatic rings. The second-order valence-electron chi connectivity index (χ2n) is 11.0. The summed E-state index contributed by atoms with van der Waals surface area (Å²) in [5.41, 5.74) is 0. The molecule has 1 unspecified atom stereocenters. The number of aliphatic imine (C=N–C) groups is 2. The number of unbranched alkanes of at least 4 members (excludes halogenated alkanes) is 22. The topological polar surface area (TPSA) is 24.7 Å². The zero-order valence-corrected chi connectivity index (χ0v) is 23.5. The number of hydrogen-bond donors (Lipinski definition) is 0. The van der Waals surface area contributed by atoms with Crippen LogP contribution >= 0.6 is 0 Å². The third-order valence-electron chi connectivity index (χ3n) is 7.66. The van der Waals surface area contributed by atoms with Crippen molar-refractivity contribution >= 4 is 12.4 Å². The van der Waals surface area contributed by atoms with Crippen molar-refractivity contribution in [3.8, 4) is 0 Å². The highest BCUT2D eigenvalue weighted by molar-refractivity contribution is 6.18. The molecular weight excluding hydrogens is 412 g/mol. The first kappa shape index (κ1) is 31.2. The largest absolute Gasteiger partial charge is 0.243 e. The fraction of sp³-hybridized carbons (Fsp3) is 0.906. The van der Waals surface area contributed by atoms with Gasteiger partial charge in [0.1, 0.15) is 0 Å². The van der Waals surface area contributed by atoms with Crippen LogP contribution in [-0.4, -0.2) is 12.4 Å². The van der Waals surface area contributed by atoms with Crippen molar-refractivity contribution in [3.05, 3.63) is 6.17 Å². The number of hydrogen-bond acceptors (Lipinski definition) is 2. The molecule has 198 valence electrons. The fourth-order valence-electron chi connectivity index (χ4n) is 5.33. The molecule has 1 aliphatic heterocycles. The molecule has 0 N–H and O–H groups in total. The van der Waals surface area contributed by atoms with Gasteiger partial charge in [0.05, 0.1) is 5.92 Å². The van der Waals surface area contributed by atoms with Crippen molar-refractivity contribution in [2.24, 2.45) is 15.9 Å². The Morgan fingerprint density at radius 3 is 0.971 bits per heavy atom. The first-order valence-corrected chi connectivity index (χ1v) is 15.8. The van der Waals surface area contributed by atoms with Crippen molar-refractivity contribution in [3.63, 3.8) is 0 Å². The molecule has 1 heterocycles. The van der Waals surface area contributed by atoms with Crippen molar-refractivity contribution in [1.29, 1.82) is 0 Å². The summed E-state index contributed by atoms with van der Waals surface area (Å²) in [6, 6.07) is 0. The van der Waals surface area contributed by atoms with Gasteiger partial charge in [-0.1, -0.05) is 178 Å². The summed E-state index contributed by atoms with van der Waals surface area (Å²) in [6.07, 6.45) is 41.7. The smallest absolute Gasteiger partial charge is 0.0965 e. The van der Waals surface area contributed by atoms with E-state index in [0.717, 1.165) is 6.17 Å². The first-order valence-electron chi connectivity index (χ1n) is 15.8. The van der Waals surface area contributed by atoms with Crippen LogP contribution in [0.4, 0.5) is 0 Å². The average molecular weight is 474 g/mol. The lowest BCUT2D eigenvalue weighted by atomic mass is 9.92. The van der Waals surface area contributed by atoms with Crippen molar-refractivity contribution in [2.75, 3.05) is 0 Å². The molecule has 1 atom stereocenters. The van der Waals surface area contributed by atoms with E-state index in [1.54, 1.807) is 0 Å². The van der Waals surface area contributed by atoms with Gasteiger partial charge >= 0.3 is 0 Å². The quantitative estimate of drug-likeness (QED) is 0.0836. The van der Waals surface area contributed by atoms with Gasteiger partial charge in [-0.2, -0.15) is 0 Å². The highest BCUT2D eigenvalue weighted by atomic mass is 15.0. The molecule has 0 spiro atoms. The summed E-state index contributed by atoms with van der Waals surface area (Å²) < 4.78 is 0. The summed E-state index contributed by atoms with van der Waals surface area (Å²) in [5, 5.41) is 0. The Bertz CT molecular complexity index is 444. The zero-order chi connectivity index (χ0) is 24.4. The van der Waals surface area contributed by atoms with Crippen LogP contribution in [0.15, 0.2) is 9.98 Å². The third kappa shape index (κ3) is 19.5. The Morgan fingerprint density at radius 1 is 0.412 bits per heavy atom. The molecule has 0 aliphatic carbocycles. The van der Waals surface area contributed by atoms with E-state index in [-0.39, 0.29) is 0 Å². The van der Waals surface area contributed by atoms with Crippen molar-refractivity contribution < 1.29 is 0 Å². The van der Waals surface area contributed by atoms with E-state index in [2.05, 4.69) is 23.8 Å². The van der Waals surface area contributed by atoms with Gasteiger partial charge in [-0.25, -0.2) is 0 Å². The maximum Gasteiger partial charge on any atom is 0.243 e. The summed E-state index contributed by atoms with van der Waals surface area (Å²) in [7, 11) is 0. The van der Waals surface area contributed by atoms with E-state index >= 15 is 0 Å². The van der Waals surface area contributed by atoms with E-state index in [4.69, 9.17) is 0 Å². The van der Waals surface area contributed by atoms with Gasteiger partial charge in [0.2, 0.25) is 6.17 Å². The standard InChI is InChI=1S/C32H61N2/c1-3-5-7-9-11-13-14-15-16-17-18-19-20-22-24-26-28-31(32-33-29-30-34-32)27-25-23-21-12-10-8-6-4-2/h29-31H,3-28H2,1-2H3/q+1. The predicted molar refractivity (Wildman–Crippen MR) is 155 cm³/mol. The van der Waals surface area contributed by atoms with E-state index in [1.807, 2.05) is 12.4 Å². The van der Waals surface area contributed by atoms with Crippen LogP contribution in [0.25, 0.3) is 0 Å². The van der Waals surface area contributed by atoms with E-state index in [0.29, 0.717) is 5.92 Å². The minimum Gasteiger partial charge on any atom is -0.0965 e. The Labute approximate surface area is 215 Å². The number of nitrogens with zero attached hydrogens (tertiary/aromatic N) is 2. The second kappa shape index (κ2) is 25.3. The molecule has 0 aromatic carbocycles. The second-order valence-corrected chi connectivity index (χ2v) is 11.0. The monoisotopic (exact) mass is 473 g/mol. The number of rotatable bonds is 27. The molecule has 0 aromatic heterocycles.